The smallest absolute Gasteiger partial charge is 0.224 e. The number of halogens is 3. The molecule has 3 N–H and O–H groups in total. The summed E-state index contributed by atoms with van der Waals surface area (Å²) < 4.78 is 13.5. The molecule has 1 fully saturated rings. The molecular weight excluding hydrogens is 359 g/mol. The molecule has 2 atom stereocenters. The number of nitrogens with two attached hydrogens (primary N) is 1. The Morgan fingerprint density at radius 2 is 2.10 bits per heavy atom. The third-order valence-electron chi connectivity index (χ3n) is 3.91. The molecule has 1 aliphatic carbocycles. The molecule has 118 valence electrons. The van der Waals surface area contributed by atoms with Gasteiger partial charge in [0, 0.05) is 6.04 Å². The van der Waals surface area contributed by atoms with Crippen molar-refractivity contribution in [3.05, 3.63) is 34.1 Å². The van der Waals surface area contributed by atoms with E-state index in [0.717, 1.165) is 24.8 Å². The highest BCUT2D eigenvalue weighted by Gasteiger charge is 2.25. The maximum Gasteiger partial charge on any atom is 0.224 e. The standard InChI is InChI=1S/C15H20BrFN2O.ClH/c16-12-7-10(5-6-13(12)17)8-15(20)19-14-4-2-1-3-11(14)9-18;/h5-7,11,14H,1-4,8-9,18H2,(H,19,20);1H. The van der Waals surface area contributed by atoms with Gasteiger partial charge in [0.25, 0.3) is 0 Å². The molecule has 0 radical (unpaired) electrons. The average molecular weight is 380 g/mol. The number of hydrogen-bond acceptors (Lipinski definition) is 2. The monoisotopic (exact) mass is 378 g/mol. The van der Waals surface area contributed by atoms with Crippen molar-refractivity contribution in [2.24, 2.45) is 11.7 Å². The first kappa shape index (κ1) is 18.4. The maximum absolute atomic E-state index is 13.1. The summed E-state index contributed by atoms with van der Waals surface area (Å²) in [7, 11) is 0. The van der Waals surface area contributed by atoms with Gasteiger partial charge in [0.2, 0.25) is 5.91 Å². The van der Waals surface area contributed by atoms with Gasteiger partial charge in [-0.1, -0.05) is 18.9 Å². The molecule has 1 aromatic carbocycles. The van der Waals surface area contributed by atoms with Gasteiger partial charge in [0.15, 0.2) is 0 Å². The summed E-state index contributed by atoms with van der Waals surface area (Å²) in [5.41, 5.74) is 6.56. The molecule has 0 heterocycles. The van der Waals surface area contributed by atoms with E-state index in [0.29, 0.717) is 16.9 Å². The number of amides is 1. The quantitative estimate of drug-likeness (QED) is 0.844. The minimum Gasteiger partial charge on any atom is -0.353 e. The number of benzene rings is 1. The Kier molecular flexibility index (Phi) is 7.63. The van der Waals surface area contributed by atoms with Gasteiger partial charge in [0.1, 0.15) is 5.82 Å². The minimum absolute atomic E-state index is 0. The predicted molar refractivity (Wildman–Crippen MR) is 88.0 cm³/mol. The molecule has 21 heavy (non-hydrogen) atoms. The summed E-state index contributed by atoms with van der Waals surface area (Å²) in [4.78, 5) is 12.1. The van der Waals surface area contributed by atoms with Crippen molar-refractivity contribution < 1.29 is 9.18 Å². The van der Waals surface area contributed by atoms with Gasteiger partial charge in [0.05, 0.1) is 10.9 Å². The van der Waals surface area contributed by atoms with Crippen LogP contribution in [0.25, 0.3) is 0 Å². The van der Waals surface area contributed by atoms with Crippen molar-refractivity contribution in [1.82, 2.24) is 5.32 Å². The topological polar surface area (TPSA) is 55.1 Å². The van der Waals surface area contributed by atoms with Gasteiger partial charge in [-0.05, 0) is 58.9 Å². The molecule has 0 bridgehead atoms. The lowest BCUT2D eigenvalue weighted by Gasteiger charge is -2.31. The lowest BCUT2D eigenvalue weighted by Crippen LogP contribution is -2.45. The van der Waals surface area contributed by atoms with Crippen LogP contribution in [0.1, 0.15) is 31.2 Å². The Balaban J connectivity index is 0.00000220. The van der Waals surface area contributed by atoms with E-state index in [1.807, 2.05) is 0 Å². The van der Waals surface area contributed by atoms with Gasteiger partial charge in [-0.25, -0.2) is 4.39 Å². The molecule has 3 nitrogen and oxygen atoms in total. The van der Waals surface area contributed by atoms with E-state index in [1.54, 1.807) is 12.1 Å². The normalized spacial score (nSPS) is 21.5. The first-order chi connectivity index (χ1) is 9.60. The minimum atomic E-state index is -0.315. The van der Waals surface area contributed by atoms with Crippen LogP contribution in [0, 0.1) is 11.7 Å². The molecule has 0 saturated heterocycles. The third-order valence-corrected chi connectivity index (χ3v) is 4.51. The summed E-state index contributed by atoms with van der Waals surface area (Å²) >= 11 is 3.13. The molecule has 2 unspecified atom stereocenters. The highest BCUT2D eigenvalue weighted by molar-refractivity contribution is 9.10. The highest BCUT2D eigenvalue weighted by atomic mass is 79.9. The van der Waals surface area contributed by atoms with Crippen LogP contribution in [0.5, 0.6) is 0 Å². The average Bonchev–Trinajstić information content (AvgIpc) is 2.43. The van der Waals surface area contributed by atoms with Crippen molar-refractivity contribution in [3.63, 3.8) is 0 Å². The zero-order chi connectivity index (χ0) is 14.5. The van der Waals surface area contributed by atoms with Crippen LogP contribution < -0.4 is 11.1 Å². The van der Waals surface area contributed by atoms with Crippen LogP contribution in [-0.2, 0) is 11.2 Å². The Labute approximate surface area is 139 Å². The molecule has 1 aromatic rings. The van der Waals surface area contributed by atoms with Crippen LogP contribution in [0.3, 0.4) is 0 Å². The largest absolute Gasteiger partial charge is 0.353 e. The van der Waals surface area contributed by atoms with Crippen molar-refractivity contribution in [1.29, 1.82) is 0 Å². The fourth-order valence-corrected chi connectivity index (χ4v) is 3.20. The number of hydrogen-bond donors (Lipinski definition) is 2. The van der Waals surface area contributed by atoms with E-state index in [9.17, 15) is 9.18 Å². The summed E-state index contributed by atoms with van der Waals surface area (Å²) in [5.74, 6) is 0.0474. The van der Waals surface area contributed by atoms with Gasteiger partial charge in [-0.15, -0.1) is 12.4 Å². The first-order valence-electron chi connectivity index (χ1n) is 7.03. The third kappa shape index (κ3) is 5.24. The fourth-order valence-electron chi connectivity index (χ4n) is 2.77. The second kappa shape index (κ2) is 8.71. The summed E-state index contributed by atoms with van der Waals surface area (Å²) in [6.07, 6.45) is 4.69. The van der Waals surface area contributed by atoms with E-state index in [-0.39, 0.29) is 36.6 Å². The molecule has 0 spiro atoms. The van der Waals surface area contributed by atoms with E-state index in [1.165, 1.54) is 12.5 Å². The predicted octanol–water partition coefficient (Wildman–Crippen LogP) is 3.19. The summed E-state index contributed by atoms with van der Waals surface area (Å²) in [5, 5.41) is 3.07. The molecule has 6 heteroatoms. The zero-order valence-corrected chi connectivity index (χ0v) is 14.2. The van der Waals surface area contributed by atoms with Crippen LogP contribution in [-0.4, -0.2) is 18.5 Å². The van der Waals surface area contributed by atoms with E-state index >= 15 is 0 Å². The Morgan fingerprint density at radius 1 is 1.38 bits per heavy atom. The number of carbonyl (C=O) groups is 1. The van der Waals surface area contributed by atoms with E-state index in [4.69, 9.17) is 5.73 Å². The van der Waals surface area contributed by atoms with Crippen molar-refractivity contribution in [2.75, 3.05) is 6.54 Å². The second-order valence-corrected chi connectivity index (χ2v) is 6.23. The summed E-state index contributed by atoms with van der Waals surface area (Å²) in [6.45, 7) is 0.618. The number of nitrogens with one attached hydrogen (secondary N) is 1. The van der Waals surface area contributed by atoms with Gasteiger partial charge < -0.3 is 11.1 Å². The molecule has 0 aromatic heterocycles. The van der Waals surface area contributed by atoms with Gasteiger partial charge in [-0.2, -0.15) is 0 Å². The number of carbonyl (C=O) groups excluding carboxylic acids is 1. The second-order valence-electron chi connectivity index (χ2n) is 5.38. The van der Waals surface area contributed by atoms with Crippen molar-refractivity contribution >= 4 is 34.2 Å². The fraction of sp³-hybridized carbons (Fsp3) is 0.533. The number of rotatable bonds is 4. The lowest BCUT2D eigenvalue weighted by atomic mass is 9.84. The Bertz CT molecular complexity index is 487. The van der Waals surface area contributed by atoms with Crippen LogP contribution in [0.15, 0.2) is 22.7 Å². The van der Waals surface area contributed by atoms with Crippen molar-refractivity contribution in [2.45, 2.75) is 38.1 Å². The molecular formula is C15H21BrClFN2O. The highest BCUT2D eigenvalue weighted by Crippen LogP contribution is 2.23. The molecule has 0 aliphatic heterocycles. The van der Waals surface area contributed by atoms with Gasteiger partial charge >= 0.3 is 0 Å². The van der Waals surface area contributed by atoms with Crippen LogP contribution >= 0.6 is 28.3 Å². The Morgan fingerprint density at radius 3 is 2.76 bits per heavy atom. The summed E-state index contributed by atoms with van der Waals surface area (Å²) in [6, 6.07) is 4.85. The van der Waals surface area contributed by atoms with E-state index in [2.05, 4.69) is 21.2 Å². The Hall–Kier alpha value is -0.650. The van der Waals surface area contributed by atoms with Gasteiger partial charge in [-0.3, -0.25) is 4.79 Å². The molecule has 1 amide bonds. The van der Waals surface area contributed by atoms with Crippen LogP contribution in [0.4, 0.5) is 4.39 Å². The molecule has 1 saturated carbocycles. The maximum atomic E-state index is 13.1. The molecule has 1 aliphatic rings. The lowest BCUT2D eigenvalue weighted by molar-refractivity contribution is -0.121. The first-order valence-corrected chi connectivity index (χ1v) is 7.83. The van der Waals surface area contributed by atoms with E-state index < -0.39 is 0 Å². The zero-order valence-electron chi connectivity index (χ0n) is 11.8. The molecule has 2 rings (SSSR count). The SMILES string of the molecule is Cl.NCC1CCCCC1NC(=O)Cc1ccc(F)c(Br)c1. The van der Waals surface area contributed by atoms with Crippen LogP contribution in [0.2, 0.25) is 0 Å². The van der Waals surface area contributed by atoms with Crippen molar-refractivity contribution in [3.8, 4) is 0 Å².